The van der Waals surface area contributed by atoms with Crippen molar-refractivity contribution in [1.29, 1.82) is 0 Å². The van der Waals surface area contributed by atoms with Gasteiger partial charge in [0.2, 0.25) is 10.0 Å². The van der Waals surface area contributed by atoms with Crippen molar-refractivity contribution < 1.29 is 13.2 Å². The molecule has 146 valence electrons. The highest BCUT2D eigenvalue weighted by atomic mass is 32.2. The van der Waals surface area contributed by atoms with Gasteiger partial charge in [-0.2, -0.15) is 5.10 Å². The van der Waals surface area contributed by atoms with Gasteiger partial charge in [0, 0.05) is 45.5 Å². The number of amides is 1. The highest BCUT2D eigenvalue weighted by Crippen LogP contribution is 2.29. The zero-order valence-electron chi connectivity index (χ0n) is 15.6. The first-order chi connectivity index (χ1) is 12.9. The fraction of sp³-hybridized carbons (Fsp3) is 0.500. The molecule has 0 radical (unpaired) electrons. The summed E-state index contributed by atoms with van der Waals surface area (Å²) in [6.07, 6.45) is 6.90. The fourth-order valence-electron chi connectivity index (χ4n) is 3.37. The van der Waals surface area contributed by atoms with Crippen LogP contribution < -0.4 is 0 Å². The third kappa shape index (κ3) is 4.54. The van der Waals surface area contributed by atoms with Crippen LogP contribution in [0.4, 0.5) is 0 Å². The minimum absolute atomic E-state index is 0.0594. The number of carbonyl (C=O) groups is 1. The third-order valence-electron chi connectivity index (χ3n) is 4.89. The second kappa shape index (κ2) is 8.18. The number of nitrogens with one attached hydrogen (secondary N) is 1. The summed E-state index contributed by atoms with van der Waals surface area (Å²) in [5, 5.41) is 6.93. The topological polar surface area (TPSA) is 99.3 Å². The first-order valence-corrected chi connectivity index (χ1v) is 10.6. The van der Waals surface area contributed by atoms with E-state index in [2.05, 4.69) is 15.2 Å². The summed E-state index contributed by atoms with van der Waals surface area (Å²) in [5.41, 5.74) is 2.19. The van der Waals surface area contributed by atoms with Gasteiger partial charge in [-0.15, -0.1) is 0 Å². The number of carbonyl (C=O) groups excluding carboxylic acids is 1. The molecule has 1 aliphatic rings. The molecule has 9 heteroatoms. The van der Waals surface area contributed by atoms with Crippen LogP contribution in [0.1, 0.15) is 40.4 Å². The molecule has 0 saturated carbocycles. The maximum Gasteiger partial charge on any atom is 0.256 e. The lowest BCUT2D eigenvalue weighted by atomic mass is 9.93. The van der Waals surface area contributed by atoms with E-state index in [1.165, 1.54) is 11.1 Å². The highest BCUT2D eigenvalue weighted by molar-refractivity contribution is 7.89. The molecule has 0 spiro atoms. The molecule has 0 aromatic carbocycles. The lowest BCUT2D eigenvalue weighted by Crippen LogP contribution is -2.41. The Morgan fingerprint density at radius 2 is 2.07 bits per heavy atom. The van der Waals surface area contributed by atoms with E-state index in [9.17, 15) is 13.2 Å². The average Bonchev–Trinajstić information content (AvgIpc) is 3.16. The smallest absolute Gasteiger partial charge is 0.256 e. The number of sulfonamides is 1. The van der Waals surface area contributed by atoms with Gasteiger partial charge in [-0.05, 0) is 37.0 Å². The molecule has 27 heavy (non-hydrogen) atoms. The number of aromatic amines is 1. The molecule has 0 unspecified atom stereocenters. The predicted molar refractivity (Wildman–Crippen MR) is 102 cm³/mol. The van der Waals surface area contributed by atoms with Gasteiger partial charge in [0.15, 0.2) is 0 Å². The van der Waals surface area contributed by atoms with Crippen LogP contribution in [0.15, 0.2) is 30.7 Å². The average molecular weight is 391 g/mol. The van der Waals surface area contributed by atoms with E-state index in [1.807, 2.05) is 12.1 Å². The van der Waals surface area contributed by atoms with Crippen LogP contribution in [0.2, 0.25) is 0 Å². The second-order valence-corrected chi connectivity index (χ2v) is 9.10. The molecule has 2 aromatic rings. The van der Waals surface area contributed by atoms with E-state index >= 15 is 0 Å². The Balaban J connectivity index is 1.71. The van der Waals surface area contributed by atoms with Gasteiger partial charge in [0.1, 0.15) is 0 Å². The Kier molecular flexibility index (Phi) is 5.91. The number of H-pyrrole nitrogens is 1. The monoisotopic (exact) mass is 391 g/mol. The van der Waals surface area contributed by atoms with E-state index in [1.54, 1.807) is 30.8 Å². The van der Waals surface area contributed by atoms with Crippen LogP contribution in [0.3, 0.4) is 0 Å². The van der Waals surface area contributed by atoms with Crippen LogP contribution in [0.25, 0.3) is 0 Å². The van der Waals surface area contributed by atoms with Crippen molar-refractivity contribution in [2.45, 2.75) is 25.2 Å². The number of aromatic nitrogens is 3. The van der Waals surface area contributed by atoms with Gasteiger partial charge in [-0.1, -0.05) is 0 Å². The lowest BCUT2D eigenvalue weighted by molar-refractivity contribution is 0.0825. The summed E-state index contributed by atoms with van der Waals surface area (Å²) >= 11 is 0. The molecule has 1 aliphatic heterocycles. The second-order valence-electron chi connectivity index (χ2n) is 7.02. The Bertz CT molecular complexity index is 879. The van der Waals surface area contributed by atoms with Crippen molar-refractivity contribution >= 4 is 15.9 Å². The van der Waals surface area contributed by atoms with Crippen molar-refractivity contribution in [2.24, 2.45) is 0 Å². The van der Waals surface area contributed by atoms with E-state index < -0.39 is 10.0 Å². The van der Waals surface area contributed by atoms with E-state index in [-0.39, 0.29) is 17.6 Å². The zero-order valence-corrected chi connectivity index (χ0v) is 16.4. The van der Waals surface area contributed by atoms with Crippen molar-refractivity contribution in [3.63, 3.8) is 0 Å². The largest absolute Gasteiger partial charge is 0.345 e. The van der Waals surface area contributed by atoms with Crippen LogP contribution in [-0.2, 0) is 16.4 Å². The highest BCUT2D eigenvalue weighted by Gasteiger charge is 2.32. The number of aryl methyl sites for hydroxylation is 1. The first-order valence-electron chi connectivity index (χ1n) is 9.00. The molecule has 1 saturated heterocycles. The number of nitrogens with zero attached hydrogens (tertiary/aromatic N) is 4. The number of rotatable bonds is 6. The molecule has 2 aromatic heterocycles. The maximum atomic E-state index is 12.8. The number of hydrogen-bond acceptors (Lipinski definition) is 5. The maximum absolute atomic E-state index is 12.8. The molecule has 0 aliphatic carbocycles. The van der Waals surface area contributed by atoms with Crippen molar-refractivity contribution in [3.8, 4) is 0 Å². The molecular weight excluding hydrogens is 366 g/mol. The van der Waals surface area contributed by atoms with Crippen molar-refractivity contribution in [3.05, 3.63) is 47.5 Å². The molecule has 1 N–H and O–H groups in total. The molecule has 8 nitrogen and oxygen atoms in total. The summed E-state index contributed by atoms with van der Waals surface area (Å²) in [5.74, 6) is -0.122. The molecule has 3 heterocycles. The molecule has 1 fully saturated rings. The van der Waals surface area contributed by atoms with Crippen LogP contribution >= 0.6 is 0 Å². The third-order valence-corrected chi connectivity index (χ3v) is 6.73. The first kappa shape index (κ1) is 19.5. The van der Waals surface area contributed by atoms with Crippen molar-refractivity contribution in [1.82, 2.24) is 24.4 Å². The van der Waals surface area contributed by atoms with E-state index in [0.29, 0.717) is 25.1 Å². The number of piperidine rings is 1. The standard InChI is InChI=1S/C18H25N5O3S/c1-22(2)18(24)16-12-20-21-17(16)15-4-3-10-23(13-15)27(25,26)11-7-14-5-8-19-9-6-14/h5-6,8-9,12,15H,3-4,7,10-11,13H2,1-2H3,(H,20,21)/t15-/m1/s1. The predicted octanol–water partition coefficient (Wildman–Crippen LogP) is 1.26. The van der Waals surface area contributed by atoms with Gasteiger partial charge < -0.3 is 4.90 Å². The van der Waals surface area contributed by atoms with Gasteiger partial charge in [0.05, 0.1) is 23.2 Å². The van der Waals surface area contributed by atoms with Gasteiger partial charge in [-0.3, -0.25) is 14.9 Å². The minimum Gasteiger partial charge on any atom is -0.345 e. The van der Waals surface area contributed by atoms with Gasteiger partial charge >= 0.3 is 0 Å². The normalized spacial score (nSPS) is 18.4. The fourth-order valence-corrected chi connectivity index (χ4v) is 4.94. The molecular formula is C18H25N5O3S. The Morgan fingerprint density at radius 1 is 1.33 bits per heavy atom. The summed E-state index contributed by atoms with van der Waals surface area (Å²) in [6, 6.07) is 3.66. The van der Waals surface area contributed by atoms with Crippen molar-refractivity contribution in [2.75, 3.05) is 32.9 Å². The zero-order chi connectivity index (χ0) is 19.4. The minimum atomic E-state index is -3.37. The number of pyridine rings is 1. The quantitative estimate of drug-likeness (QED) is 0.799. The Morgan fingerprint density at radius 3 is 2.78 bits per heavy atom. The van der Waals surface area contributed by atoms with E-state index in [0.717, 1.165) is 24.1 Å². The molecule has 1 atom stereocenters. The Labute approximate surface area is 159 Å². The lowest BCUT2D eigenvalue weighted by Gasteiger charge is -2.32. The molecule has 3 rings (SSSR count). The Hall–Kier alpha value is -2.26. The summed E-state index contributed by atoms with van der Waals surface area (Å²) in [6.45, 7) is 0.884. The van der Waals surface area contributed by atoms with Crippen LogP contribution in [-0.4, -0.2) is 71.6 Å². The van der Waals surface area contributed by atoms with Crippen LogP contribution in [0, 0.1) is 0 Å². The van der Waals surface area contributed by atoms with Gasteiger partial charge in [0.25, 0.3) is 5.91 Å². The summed E-state index contributed by atoms with van der Waals surface area (Å²) < 4.78 is 27.2. The summed E-state index contributed by atoms with van der Waals surface area (Å²) in [7, 11) is 0.00899. The van der Waals surface area contributed by atoms with Crippen LogP contribution in [0.5, 0.6) is 0 Å². The van der Waals surface area contributed by atoms with Gasteiger partial charge in [-0.25, -0.2) is 12.7 Å². The summed E-state index contributed by atoms with van der Waals surface area (Å²) in [4.78, 5) is 17.8. The SMILES string of the molecule is CN(C)C(=O)c1cn[nH]c1[C@@H]1CCCN(S(=O)(=O)CCc2ccncc2)C1. The molecule has 1 amide bonds. The number of hydrogen-bond donors (Lipinski definition) is 1. The molecule has 0 bridgehead atoms. The van der Waals surface area contributed by atoms with E-state index in [4.69, 9.17) is 0 Å².